The first-order chi connectivity index (χ1) is 13.1. The number of hydrogen-bond donors (Lipinski definition) is 0. The van der Waals surface area contributed by atoms with E-state index in [4.69, 9.17) is 4.74 Å². The lowest BCUT2D eigenvalue weighted by Crippen LogP contribution is -2.08. The number of thiophene rings is 1. The van der Waals surface area contributed by atoms with Gasteiger partial charge in [0, 0.05) is 22.3 Å². The number of carbonyl (C=O) groups excluding carboxylic acids is 2. The minimum atomic E-state index is -0.501. The Kier molecular flexibility index (Phi) is 5.99. The summed E-state index contributed by atoms with van der Waals surface area (Å²) in [7, 11) is 0. The van der Waals surface area contributed by atoms with Gasteiger partial charge >= 0.3 is 5.97 Å². The molecule has 0 saturated carbocycles. The van der Waals surface area contributed by atoms with Gasteiger partial charge in [0.05, 0.1) is 5.56 Å². The van der Waals surface area contributed by atoms with Crippen LogP contribution >= 0.6 is 11.3 Å². The highest BCUT2D eigenvalue weighted by molar-refractivity contribution is 7.16. The fourth-order valence-electron chi connectivity index (χ4n) is 2.63. The van der Waals surface area contributed by atoms with E-state index in [1.54, 1.807) is 36.5 Å². The Labute approximate surface area is 162 Å². The van der Waals surface area contributed by atoms with E-state index in [0.29, 0.717) is 17.7 Å². The molecular formula is C23H20O3S. The molecule has 27 heavy (non-hydrogen) atoms. The number of Topliss-reactive ketones (excluding diaryl/α,β-unsaturated/α-hetero) is 1. The predicted molar refractivity (Wildman–Crippen MR) is 110 cm³/mol. The third-order valence-corrected chi connectivity index (χ3v) is 5.14. The maximum absolute atomic E-state index is 12.2. The quantitative estimate of drug-likeness (QED) is 0.232. The molecular weight excluding hydrogens is 356 g/mol. The van der Waals surface area contributed by atoms with E-state index in [0.717, 1.165) is 20.9 Å². The molecule has 0 fully saturated rings. The third-order valence-electron chi connectivity index (χ3n) is 4.04. The molecule has 0 aliphatic rings. The largest absolute Gasteiger partial charge is 0.423 e. The van der Waals surface area contributed by atoms with Crippen LogP contribution in [-0.4, -0.2) is 11.8 Å². The Morgan fingerprint density at radius 1 is 1.04 bits per heavy atom. The normalized spacial score (nSPS) is 10.9. The van der Waals surface area contributed by atoms with Gasteiger partial charge in [-0.1, -0.05) is 48.9 Å². The summed E-state index contributed by atoms with van der Waals surface area (Å²) in [6.07, 6.45) is 3.48. The van der Waals surface area contributed by atoms with Crippen molar-refractivity contribution in [2.24, 2.45) is 0 Å². The van der Waals surface area contributed by atoms with Gasteiger partial charge < -0.3 is 4.74 Å². The van der Waals surface area contributed by atoms with E-state index >= 15 is 0 Å². The summed E-state index contributed by atoms with van der Waals surface area (Å²) < 4.78 is 5.39. The van der Waals surface area contributed by atoms with Crippen molar-refractivity contribution >= 4 is 29.2 Å². The van der Waals surface area contributed by atoms with Crippen molar-refractivity contribution in [1.82, 2.24) is 0 Å². The third kappa shape index (κ3) is 4.80. The number of ether oxygens (including phenoxy) is 1. The zero-order valence-corrected chi connectivity index (χ0v) is 16.1. The maximum atomic E-state index is 12.2. The summed E-state index contributed by atoms with van der Waals surface area (Å²) in [4.78, 5) is 26.4. The van der Waals surface area contributed by atoms with Crippen molar-refractivity contribution in [3.05, 3.63) is 82.7 Å². The number of esters is 1. The minimum absolute atomic E-state index is 0.0451. The van der Waals surface area contributed by atoms with Crippen LogP contribution in [0.3, 0.4) is 0 Å². The van der Waals surface area contributed by atoms with Crippen molar-refractivity contribution in [2.75, 3.05) is 0 Å². The maximum Gasteiger partial charge on any atom is 0.336 e. The molecule has 3 nitrogen and oxygen atoms in total. The van der Waals surface area contributed by atoms with Crippen molar-refractivity contribution in [2.45, 2.75) is 20.3 Å². The molecule has 0 spiro atoms. The highest BCUT2D eigenvalue weighted by atomic mass is 32.1. The number of benzene rings is 2. The first kappa shape index (κ1) is 18.8. The van der Waals surface area contributed by atoms with Crippen LogP contribution < -0.4 is 4.74 Å². The molecule has 2 aromatic carbocycles. The van der Waals surface area contributed by atoms with E-state index in [1.165, 1.54) is 6.08 Å². The molecule has 0 atom stereocenters. The lowest BCUT2D eigenvalue weighted by Gasteiger charge is -2.08. The highest BCUT2D eigenvalue weighted by Gasteiger charge is 2.13. The van der Waals surface area contributed by atoms with E-state index in [2.05, 4.69) is 12.1 Å². The van der Waals surface area contributed by atoms with Crippen LogP contribution in [0.1, 0.15) is 34.1 Å². The average Bonchev–Trinajstić information content (AvgIpc) is 3.17. The highest BCUT2D eigenvalue weighted by Crippen LogP contribution is 2.28. The number of carbonyl (C=O) groups is 2. The van der Waals surface area contributed by atoms with Crippen LogP contribution in [0.25, 0.3) is 16.5 Å². The number of rotatable bonds is 6. The molecule has 0 aliphatic carbocycles. The summed E-state index contributed by atoms with van der Waals surface area (Å²) in [6.45, 7) is 3.69. The second-order valence-corrected chi connectivity index (χ2v) is 7.21. The predicted octanol–water partition coefficient (Wildman–Crippen LogP) is 5.94. The Balaban J connectivity index is 1.72. The molecule has 4 heteroatoms. The van der Waals surface area contributed by atoms with Crippen LogP contribution in [0.15, 0.2) is 66.7 Å². The van der Waals surface area contributed by atoms with Gasteiger partial charge in [0.25, 0.3) is 0 Å². The SMILES string of the molecule is CCC(=O)c1cc(C)ccc1OC(=O)C=Cc1ccc(-c2ccccc2)s1. The Morgan fingerprint density at radius 2 is 1.81 bits per heavy atom. The fourth-order valence-corrected chi connectivity index (χ4v) is 3.55. The molecule has 0 N–H and O–H groups in total. The van der Waals surface area contributed by atoms with Crippen molar-refractivity contribution in [3.63, 3.8) is 0 Å². The van der Waals surface area contributed by atoms with Gasteiger partial charge in [-0.2, -0.15) is 0 Å². The number of ketones is 1. The van der Waals surface area contributed by atoms with Crippen LogP contribution in [0.2, 0.25) is 0 Å². The summed E-state index contributed by atoms with van der Waals surface area (Å²) in [5.74, 6) is -0.242. The van der Waals surface area contributed by atoms with Gasteiger partial charge in [0.1, 0.15) is 5.75 Å². The van der Waals surface area contributed by atoms with Gasteiger partial charge in [-0.3, -0.25) is 4.79 Å². The van der Waals surface area contributed by atoms with E-state index < -0.39 is 5.97 Å². The molecule has 136 valence electrons. The van der Waals surface area contributed by atoms with Crippen LogP contribution in [0.4, 0.5) is 0 Å². The first-order valence-electron chi connectivity index (χ1n) is 8.76. The Morgan fingerprint density at radius 3 is 2.56 bits per heavy atom. The topological polar surface area (TPSA) is 43.4 Å². The van der Waals surface area contributed by atoms with E-state index in [9.17, 15) is 9.59 Å². The monoisotopic (exact) mass is 376 g/mol. The van der Waals surface area contributed by atoms with Crippen LogP contribution in [0, 0.1) is 6.92 Å². The summed E-state index contributed by atoms with van der Waals surface area (Å²) >= 11 is 1.60. The summed E-state index contributed by atoms with van der Waals surface area (Å²) in [6, 6.07) is 19.3. The molecule has 0 unspecified atom stereocenters. The Bertz CT molecular complexity index is 984. The lowest BCUT2D eigenvalue weighted by molar-refractivity contribution is -0.128. The zero-order valence-electron chi connectivity index (χ0n) is 15.3. The van der Waals surface area contributed by atoms with Crippen LogP contribution in [0.5, 0.6) is 5.75 Å². The molecule has 0 bridgehead atoms. The smallest absolute Gasteiger partial charge is 0.336 e. The minimum Gasteiger partial charge on any atom is -0.423 e. The van der Waals surface area contributed by atoms with Crippen molar-refractivity contribution in [1.29, 1.82) is 0 Å². The van der Waals surface area contributed by atoms with E-state index in [-0.39, 0.29) is 5.78 Å². The summed E-state index contributed by atoms with van der Waals surface area (Å²) in [5.41, 5.74) is 2.54. The molecule has 0 amide bonds. The van der Waals surface area contributed by atoms with Gasteiger partial charge in [0.15, 0.2) is 5.78 Å². The molecule has 1 aromatic heterocycles. The lowest BCUT2D eigenvalue weighted by atomic mass is 10.1. The molecule has 0 saturated heterocycles. The number of aryl methyl sites for hydroxylation is 1. The van der Waals surface area contributed by atoms with Gasteiger partial charge in [-0.25, -0.2) is 4.79 Å². The molecule has 1 heterocycles. The molecule has 0 aliphatic heterocycles. The molecule has 3 rings (SSSR count). The van der Waals surface area contributed by atoms with Crippen molar-refractivity contribution < 1.29 is 14.3 Å². The second-order valence-electron chi connectivity index (χ2n) is 6.10. The first-order valence-corrected chi connectivity index (χ1v) is 9.57. The van der Waals surface area contributed by atoms with E-state index in [1.807, 2.05) is 43.3 Å². The average molecular weight is 376 g/mol. The van der Waals surface area contributed by atoms with Crippen molar-refractivity contribution in [3.8, 4) is 16.2 Å². The Hall–Kier alpha value is -2.98. The number of hydrogen-bond acceptors (Lipinski definition) is 4. The zero-order chi connectivity index (χ0) is 19.2. The van der Waals surface area contributed by atoms with Gasteiger partial charge in [0.2, 0.25) is 0 Å². The fraction of sp³-hybridized carbons (Fsp3) is 0.130. The van der Waals surface area contributed by atoms with Gasteiger partial charge in [-0.05, 0) is 42.8 Å². The molecule has 3 aromatic rings. The summed E-state index contributed by atoms with van der Waals surface area (Å²) in [5, 5.41) is 0. The molecule has 0 radical (unpaired) electrons. The van der Waals surface area contributed by atoms with Gasteiger partial charge in [-0.15, -0.1) is 11.3 Å². The van der Waals surface area contributed by atoms with Crippen LogP contribution in [-0.2, 0) is 4.79 Å². The standard InChI is InChI=1S/C23H20O3S/c1-3-20(24)19-15-16(2)9-12-21(19)26-23(25)14-11-18-10-13-22(27-18)17-7-5-4-6-8-17/h4-15H,3H2,1-2H3. The second kappa shape index (κ2) is 8.60.